The van der Waals surface area contributed by atoms with Crippen molar-refractivity contribution in [1.29, 1.82) is 5.26 Å². The van der Waals surface area contributed by atoms with E-state index in [9.17, 15) is 5.26 Å². The Bertz CT molecular complexity index is 378. The van der Waals surface area contributed by atoms with Crippen LogP contribution in [0, 0.1) is 16.7 Å². The maximum atomic E-state index is 9.51. The van der Waals surface area contributed by atoms with Crippen LogP contribution in [0.25, 0.3) is 0 Å². The molecule has 0 spiro atoms. The molecule has 0 saturated carbocycles. The summed E-state index contributed by atoms with van der Waals surface area (Å²) in [5.74, 6) is 0. The number of ether oxygens (including phenoxy) is 1. The molecule has 0 N–H and O–H groups in total. The number of hydrogen-bond donors (Lipinski definition) is 0. The SMILES string of the molecule is COC1CC=CC(C2(C#N)CCN(I)CC2)=N1. The third kappa shape index (κ3) is 2.69. The fraction of sp³-hybridized carbons (Fsp3) is 0.667. The zero-order valence-corrected chi connectivity index (χ0v) is 12.1. The molecule has 2 rings (SSSR count). The van der Waals surface area contributed by atoms with Crippen molar-refractivity contribution in [2.75, 3.05) is 20.2 Å². The number of methoxy groups -OCH3 is 1. The quantitative estimate of drug-likeness (QED) is 0.570. The van der Waals surface area contributed by atoms with Gasteiger partial charge in [0.15, 0.2) is 6.23 Å². The Balaban J connectivity index is 2.21. The number of rotatable bonds is 2. The van der Waals surface area contributed by atoms with Crippen LogP contribution in [0.4, 0.5) is 0 Å². The smallest absolute Gasteiger partial charge is 0.151 e. The molecule has 0 aromatic carbocycles. The lowest BCUT2D eigenvalue weighted by atomic mass is 9.75. The van der Waals surface area contributed by atoms with E-state index in [1.807, 2.05) is 6.08 Å². The van der Waals surface area contributed by atoms with E-state index in [0.717, 1.165) is 38.1 Å². The lowest BCUT2D eigenvalue weighted by Crippen LogP contribution is -2.40. The Morgan fingerprint density at radius 2 is 2.29 bits per heavy atom. The summed E-state index contributed by atoms with van der Waals surface area (Å²) in [5.41, 5.74) is 0.498. The van der Waals surface area contributed by atoms with Crippen LogP contribution in [0.15, 0.2) is 17.1 Å². The lowest BCUT2D eigenvalue weighted by molar-refractivity contribution is 0.111. The number of hydrogen-bond acceptors (Lipinski definition) is 4. The number of nitriles is 1. The van der Waals surface area contributed by atoms with Crippen LogP contribution < -0.4 is 0 Å². The molecule has 0 aromatic heterocycles. The van der Waals surface area contributed by atoms with Gasteiger partial charge in [0.1, 0.15) is 5.41 Å². The van der Waals surface area contributed by atoms with E-state index in [2.05, 4.69) is 43.1 Å². The number of dihydropyridines is 1. The largest absolute Gasteiger partial charge is 0.359 e. The fourth-order valence-corrected chi connectivity index (χ4v) is 2.75. The molecule has 0 amide bonds. The Hall–Kier alpha value is -0.450. The van der Waals surface area contributed by atoms with Crippen molar-refractivity contribution in [3.8, 4) is 6.07 Å². The molecule has 2 aliphatic heterocycles. The first-order valence-electron chi connectivity index (χ1n) is 5.80. The normalized spacial score (nSPS) is 28.5. The molecule has 17 heavy (non-hydrogen) atoms. The molecule has 0 aliphatic carbocycles. The molecule has 2 heterocycles. The molecular formula is C12H16IN3O. The van der Waals surface area contributed by atoms with Crippen molar-refractivity contribution in [3.63, 3.8) is 0 Å². The summed E-state index contributed by atoms with van der Waals surface area (Å²) < 4.78 is 7.49. The number of aliphatic imine (C=N–C) groups is 1. The topological polar surface area (TPSA) is 48.6 Å². The van der Waals surface area contributed by atoms with Gasteiger partial charge in [0.2, 0.25) is 0 Å². The second-order valence-corrected chi connectivity index (χ2v) is 5.81. The van der Waals surface area contributed by atoms with Crippen LogP contribution in [-0.4, -0.2) is 35.3 Å². The standard InChI is InChI=1S/C12H16IN3O/c1-17-11-4-2-3-10(15-11)12(9-14)5-7-16(13)8-6-12/h2-3,11H,4-8H2,1H3. The molecule has 0 aromatic rings. The highest BCUT2D eigenvalue weighted by Gasteiger charge is 2.39. The van der Waals surface area contributed by atoms with E-state index in [1.165, 1.54) is 0 Å². The summed E-state index contributed by atoms with van der Waals surface area (Å²) in [6.07, 6.45) is 6.46. The van der Waals surface area contributed by atoms with Gasteiger partial charge in [-0.25, -0.2) is 3.11 Å². The highest BCUT2D eigenvalue weighted by Crippen LogP contribution is 2.35. The van der Waals surface area contributed by atoms with E-state index in [4.69, 9.17) is 4.74 Å². The van der Waals surface area contributed by atoms with Gasteiger partial charge in [-0.15, -0.1) is 0 Å². The van der Waals surface area contributed by atoms with Gasteiger partial charge in [0, 0.05) is 49.5 Å². The van der Waals surface area contributed by atoms with Crippen molar-refractivity contribution in [2.24, 2.45) is 10.4 Å². The summed E-state index contributed by atoms with van der Waals surface area (Å²) in [5, 5.41) is 9.51. The molecule has 1 fully saturated rings. The Kier molecular flexibility index (Phi) is 4.17. The fourth-order valence-electron chi connectivity index (χ4n) is 2.27. The summed E-state index contributed by atoms with van der Waals surface area (Å²) in [7, 11) is 1.66. The van der Waals surface area contributed by atoms with Gasteiger partial charge < -0.3 is 4.74 Å². The zero-order valence-electron chi connectivity index (χ0n) is 9.90. The molecule has 4 nitrogen and oxygen atoms in total. The van der Waals surface area contributed by atoms with E-state index in [0.29, 0.717) is 0 Å². The zero-order chi connectivity index (χ0) is 12.3. The molecule has 2 aliphatic rings. The number of piperidine rings is 1. The monoisotopic (exact) mass is 345 g/mol. The molecular weight excluding hydrogens is 329 g/mol. The van der Waals surface area contributed by atoms with Crippen molar-refractivity contribution in [3.05, 3.63) is 12.2 Å². The highest BCUT2D eigenvalue weighted by atomic mass is 127. The third-order valence-electron chi connectivity index (χ3n) is 3.44. The van der Waals surface area contributed by atoms with E-state index < -0.39 is 5.41 Å². The van der Waals surface area contributed by atoms with Gasteiger partial charge >= 0.3 is 0 Å². The Morgan fingerprint density at radius 1 is 1.59 bits per heavy atom. The van der Waals surface area contributed by atoms with Gasteiger partial charge in [-0.3, -0.25) is 4.99 Å². The molecule has 1 saturated heterocycles. The Morgan fingerprint density at radius 3 is 2.88 bits per heavy atom. The van der Waals surface area contributed by atoms with Crippen molar-refractivity contribution >= 4 is 28.6 Å². The van der Waals surface area contributed by atoms with Crippen molar-refractivity contribution in [1.82, 2.24) is 3.11 Å². The summed E-state index contributed by atoms with van der Waals surface area (Å²) in [4.78, 5) is 4.56. The van der Waals surface area contributed by atoms with Crippen molar-refractivity contribution < 1.29 is 4.74 Å². The van der Waals surface area contributed by atoms with Gasteiger partial charge in [-0.1, -0.05) is 6.08 Å². The molecule has 5 heteroatoms. The lowest BCUT2D eigenvalue weighted by Gasteiger charge is -2.35. The molecule has 0 bridgehead atoms. The maximum absolute atomic E-state index is 9.51. The minimum atomic E-state index is -0.407. The molecule has 1 unspecified atom stereocenters. The highest BCUT2D eigenvalue weighted by molar-refractivity contribution is 14.1. The van der Waals surface area contributed by atoms with Crippen molar-refractivity contribution in [2.45, 2.75) is 25.5 Å². The number of halogens is 1. The van der Waals surface area contributed by atoms with Crippen LogP contribution >= 0.6 is 22.9 Å². The molecule has 1 atom stereocenters. The van der Waals surface area contributed by atoms with Crippen LogP contribution in [0.1, 0.15) is 19.3 Å². The average Bonchev–Trinajstić information content (AvgIpc) is 2.40. The first-order chi connectivity index (χ1) is 8.20. The second kappa shape index (κ2) is 5.46. The predicted molar refractivity (Wildman–Crippen MR) is 74.9 cm³/mol. The van der Waals surface area contributed by atoms with E-state index in [-0.39, 0.29) is 6.23 Å². The first-order valence-corrected chi connectivity index (χ1v) is 6.76. The molecule has 0 radical (unpaired) electrons. The maximum Gasteiger partial charge on any atom is 0.151 e. The third-order valence-corrected chi connectivity index (χ3v) is 4.40. The minimum absolute atomic E-state index is 0.113. The van der Waals surface area contributed by atoms with Crippen LogP contribution in [0.5, 0.6) is 0 Å². The summed E-state index contributed by atoms with van der Waals surface area (Å²) in [6, 6.07) is 2.48. The summed E-state index contributed by atoms with van der Waals surface area (Å²) >= 11 is 2.31. The van der Waals surface area contributed by atoms with Gasteiger partial charge in [0.25, 0.3) is 0 Å². The molecule has 92 valence electrons. The number of allylic oxidation sites excluding steroid dienone is 1. The van der Waals surface area contributed by atoms with Gasteiger partial charge in [-0.2, -0.15) is 5.26 Å². The minimum Gasteiger partial charge on any atom is -0.359 e. The van der Waals surface area contributed by atoms with Gasteiger partial charge in [-0.05, 0) is 18.9 Å². The summed E-state index contributed by atoms with van der Waals surface area (Å²) in [6.45, 7) is 1.89. The average molecular weight is 345 g/mol. The van der Waals surface area contributed by atoms with Crippen LogP contribution in [0.3, 0.4) is 0 Å². The van der Waals surface area contributed by atoms with Crippen LogP contribution in [-0.2, 0) is 4.74 Å². The van der Waals surface area contributed by atoms with Crippen LogP contribution in [0.2, 0.25) is 0 Å². The predicted octanol–water partition coefficient (Wildman–Crippen LogP) is 2.32. The first kappa shape index (κ1) is 13.0. The van der Waals surface area contributed by atoms with E-state index >= 15 is 0 Å². The Labute approximate surface area is 116 Å². The number of nitrogens with zero attached hydrogens (tertiary/aromatic N) is 3. The second-order valence-electron chi connectivity index (χ2n) is 4.45. The van der Waals surface area contributed by atoms with E-state index in [1.54, 1.807) is 7.11 Å². The van der Waals surface area contributed by atoms with Gasteiger partial charge in [0.05, 0.1) is 11.8 Å².